The molecule has 44 heavy (non-hydrogen) atoms. The standard InChI is InChI=1S/C43H61N/c1-11-15-27-42(7,8)35-21-17-33(18-22-35)37-25-26-38(34-19-23-36(24-20-34)43(9,10)28-16-12-2)41-39(14-4)44(29-31(5)6)30-32(13-3)40(37)41/h17-26,31H,11-16,27-30H2,1-10H3. The van der Waals surface area contributed by atoms with Crippen molar-refractivity contribution >= 4 is 11.3 Å². The van der Waals surface area contributed by atoms with Gasteiger partial charge in [0.25, 0.3) is 0 Å². The third kappa shape index (κ3) is 7.35. The van der Waals surface area contributed by atoms with E-state index in [0.29, 0.717) is 5.92 Å². The van der Waals surface area contributed by atoms with Crippen LogP contribution in [-0.2, 0) is 10.8 Å². The van der Waals surface area contributed by atoms with Crippen molar-refractivity contribution in [2.75, 3.05) is 13.1 Å². The summed E-state index contributed by atoms with van der Waals surface area (Å²) >= 11 is 0. The van der Waals surface area contributed by atoms with Gasteiger partial charge in [0.15, 0.2) is 0 Å². The van der Waals surface area contributed by atoms with E-state index in [2.05, 4.69) is 135 Å². The van der Waals surface area contributed by atoms with Crippen molar-refractivity contribution in [1.82, 2.24) is 4.90 Å². The summed E-state index contributed by atoms with van der Waals surface area (Å²) in [6.07, 6.45) is 9.62. The lowest BCUT2D eigenvalue weighted by Gasteiger charge is -2.34. The maximum absolute atomic E-state index is 2.70. The van der Waals surface area contributed by atoms with Gasteiger partial charge in [-0.1, -0.05) is 156 Å². The van der Waals surface area contributed by atoms with Gasteiger partial charge in [0.05, 0.1) is 0 Å². The predicted octanol–water partition coefficient (Wildman–Crippen LogP) is 11.0. The zero-order valence-corrected chi connectivity index (χ0v) is 29.9. The van der Waals surface area contributed by atoms with Crippen LogP contribution in [0.2, 0.25) is 0 Å². The Labute approximate surface area is 270 Å². The van der Waals surface area contributed by atoms with Gasteiger partial charge in [0.1, 0.15) is 0 Å². The molecule has 0 bridgehead atoms. The highest BCUT2D eigenvalue weighted by atomic mass is 15.1. The summed E-state index contributed by atoms with van der Waals surface area (Å²) in [5.74, 6) is 0.621. The zero-order chi connectivity index (χ0) is 32.1. The van der Waals surface area contributed by atoms with Crippen molar-refractivity contribution in [1.29, 1.82) is 0 Å². The number of hydrogen-bond donors (Lipinski definition) is 0. The Morgan fingerprint density at radius 2 is 1.07 bits per heavy atom. The van der Waals surface area contributed by atoms with E-state index < -0.39 is 0 Å². The second-order valence-corrected chi connectivity index (χ2v) is 15.1. The number of unbranched alkanes of at least 4 members (excludes halogenated alkanes) is 2. The summed E-state index contributed by atoms with van der Waals surface area (Å²) in [5, 5.41) is 2.96. The molecule has 1 aliphatic heterocycles. The Balaban J connectivity index is 1.93. The fraction of sp³-hybridized carbons (Fsp3) is 0.535. The molecule has 0 aromatic heterocycles. The maximum atomic E-state index is 2.70. The molecule has 1 nitrogen and oxygen atoms in total. The monoisotopic (exact) mass is 591 g/mol. The summed E-state index contributed by atoms with van der Waals surface area (Å²) < 4.78 is 0. The van der Waals surface area contributed by atoms with Crippen LogP contribution >= 0.6 is 0 Å². The van der Waals surface area contributed by atoms with Gasteiger partial charge in [-0.25, -0.2) is 0 Å². The van der Waals surface area contributed by atoms with Gasteiger partial charge in [-0.2, -0.15) is 0 Å². The quantitative estimate of drug-likeness (QED) is 0.180. The van der Waals surface area contributed by atoms with Crippen LogP contribution in [0.4, 0.5) is 0 Å². The molecule has 4 rings (SSSR count). The first-order valence-electron chi connectivity index (χ1n) is 17.8. The SMILES string of the molecule is CCCCC(C)(C)c1ccc(-c2ccc(-c3ccc(C(C)(C)CCCC)cc3)c3c2=C(CC)CN(CC(C)C)C=3CC)cc1. The highest BCUT2D eigenvalue weighted by Crippen LogP contribution is 2.33. The van der Waals surface area contributed by atoms with Crippen LogP contribution in [0.3, 0.4) is 0 Å². The Morgan fingerprint density at radius 1 is 0.614 bits per heavy atom. The molecule has 0 unspecified atom stereocenters. The minimum Gasteiger partial charge on any atom is -0.370 e. The number of rotatable bonds is 14. The van der Waals surface area contributed by atoms with Crippen molar-refractivity contribution in [3.05, 3.63) is 82.2 Å². The van der Waals surface area contributed by atoms with E-state index in [1.54, 1.807) is 5.57 Å². The molecule has 3 aromatic carbocycles. The number of benzene rings is 3. The number of hydrogen-bond acceptors (Lipinski definition) is 1. The molecule has 1 heteroatoms. The third-order valence-corrected chi connectivity index (χ3v) is 10.2. The fourth-order valence-corrected chi connectivity index (χ4v) is 7.35. The van der Waals surface area contributed by atoms with Crippen molar-refractivity contribution in [3.8, 4) is 22.3 Å². The van der Waals surface area contributed by atoms with E-state index in [1.807, 2.05) is 0 Å². The topological polar surface area (TPSA) is 3.24 Å². The maximum Gasteiger partial charge on any atom is 0.0395 e. The van der Waals surface area contributed by atoms with E-state index in [4.69, 9.17) is 0 Å². The Kier molecular flexibility index (Phi) is 11.3. The van der Waals surface area contributed by atoms with Crippen LogP contribution < -0.4 is 10.4 Å². The molecular weight excluding hydrogens is 530 g/mol. The van der Waals surface area contributed by atoms with E-state index >= 15 is 0 Å². The van der Waals surface area contributed by atoms with Crippen molar-refractivity contribution < 1.29 is 0 Å². The van der Waals surface area contributed by atoms with Gasteiger partial charge in [-0.3, -0.25) is 0 Å². The largest absolute Gasteiger partial charge is 0.370 e. The highest BCUT2D eigenvalue weighted by Gasteiger charge is 2.24. The average Bonchev–Trinajstić information content (AvgIpc) is 3.01. The minimum absolute atomic E-state index is 0.201. The summed E-state index contributed by atoms with van der Waals surface area (Å²) in [5.41, 5.74) is 11.8. The van der Waals surface area contributed by atoms with Crippen LogP contribution in [0, 0.1) is 5.92 Å². The second kappa shape index (κ2) is 14.5. The van der Waals surface area contributed by atoms with Gasteiger partial charge in [-0.05, 0) is 86.6 Å². The summed E-state index contributed by atoms with van der Waals surface area (Å²) in [6, 6.07) is 24.0. The zero-order valence-electron chi connectivity index (χ0n) is 29.9. The molecule has 1 heterocycles. The van der Waals surface area contributed by atoms with Gasteiger partial charge >= 0.3 is 0 Å². The fourth-order valence-electron chi connectivity index (χ4n) is 7.35. The molecule has 0 amide bonds. The first kappa shape index (κ1) is 34.1. The molecule has 0 spiro atoms. The van der Waals surface area contributed by atoms with E-state index in [1.165, 1.54) is 88.0 Å². The lowest BCUT2D eigenvalue weighted by atomic mass is 9.79. The van der Waals surface area contributed by atoms with Crippen LogP contribution in [-0.4, -0.2) is 18.0 Å². The van der Waals surface area contributed by atoms with Crippen LogP contribution in [0.1, 0.15) is 132 Å². The molecule has 1 aliphatic rings. The van der Waals surface area contributed by atoms with Gasteiger partial charge in [0, 0.05) is 24.0 Å². The van der Waals surface area contributed by atoms with Crippen LogP contribution in [0.25, 0.3) is 33.5 Å². The van der Waals surface area contributed by atoms with Crippen LogP contribution in [0.15, 0.2) is 60.7 Å². The van der Waals surface area contributed by atoms with Gasteiger partial charge in [0.2, 0.25) is 0 Å². The first-order valence-corrected chi connectivity index (χ1v) is 17.8. The number of fused-ring (bicyclic) bond motifs is 1. The molecule has 0 saturated carbocycles. The molecular formula is C43H61N. The summed E-state index contributed by atoms with van der Waals surface area (Å²) in [6.45, 7) is 25.7. The van der Waals surface area contributed by atoms with Crippen molar-refractivity contribution in [2.45, 2.75) is 131 Å². The lowest BCUT2D eigenvalue weighted by molar-refractivity contribution is 0.365. The van der Waals surface area contributed by atoms with E-state index in [0.717, 1.165) is 25.9 Å². The van der Waals surface area contributed by atoms with Crippen LogP contribution in [0.5, 0.6) is 0 Å². The second-order valence-electron chi connectivity index (χ2n) is 15.1. The molecule has 0 radical (unpaired) electrons. The summed E-state index contributed by atoms with van der Waals surface area (Å²) in [4.78, 5) is 2.70. The molecule has 0 aliphatic carbocycles. The minimum atomic E-state index is 0.201. The average molecular weight is 592 g/mol. The normalized spacial score (nSPS) is 14.0. The van der Waals surface area contributed by atoms with E-state index in [-0.39, 0.29) is 10.8 Å². The molecule has 238 valence electrons. The molecule has 3 aromatic rings. The van der Waals surface area contributed by atoms with Gasteiger partial charge < -0.3 is 4.90 Å². The first-order chi connectivity index (χ1) is 21.0. The Bertz CT molecular complexity index is 1500. The smallest absolute Gasteiger partial charge is 0.0395 e. The summed E-state index contributed by atoms with van der Waals surface area (Å²) in [7, 11) is 0. The molecule has 0 saturated heterocycles. The highest BCUT2D eigenvalue weighted by molar-refractivity contribution is 5.78. The third-order valence-electron chi connectivity index (χ3n) is 10.2. The van der Waals surface area contributed by atoms with Gasteiger partial charge in [-0.15, -0.1) is 0 Å². The molecule has 0 fully saturated rings. The van der Waals surface area contributed by atoms with E-state index in [9.17, 15) is 0 Å². The van der Waals surface area contributed by atoms with Crippen molar-refractivity contribution in [3.63, 3.8) is 0 Å². The number of nitrogens with zero attached hydrogens (tertiary/aromatic N) is 1. The Morgan fingerprint density at radius 3 is 1.45 bits per heavy atom. The molecule has 0 N–H and O–H groups in total. The Hall–Kier alpha value is -2.80. The predicted molar refractivity (Wildman–Crippen MR) is 195 cm³/mol. The lowest BCUT2D eigenvalue weighted by Crippen LogP contribution is -2.45. The molecule has 0 atom stereocenters. The van der Waals surface area contributed by atoms with Crippen molar-refractivity contribution in [2.24, 2.45) is 5.92 Å².